The molecule has 2 heterocycles. The molecule has 7 heteroatoms. The van der Waals surface area contributed by atoms with E-state index in [2.05, 4.69) is 10.2 Å². The van der Waals surface area contributed by atoms with Gasteiger partial charge in [-0.3, -0.25) is 0 Å². The van der Waals surface area contributed by atoms with E-state index in [1.807, 2.05) is 0 Å². The first-order valence-electron chi connectivity index (χ1n) is 7.13. The number of carbonyl (C=O) groups is 1. The van der Waals surface area contributed by atoms with Crippen molar-refractivity contribution in [2.45, 2.75) is 38.3 Å². The van der Waals surface area contributed by atoms with Crippen molar-refractivity contribution in [2.75, 3.05) is 32.7 Å². The smallest absolute Gasteiger partial charge is 0.475 e. The van der Waals surface area contributed by atoms with Crippen LogP contribution in [-0.4, -0.2) is 54.9 Å². The lowest BCUT2D eigenvalue weighted by molar-refractivity contribution is -0.192. The van der Waals surface area contributed by atoms with E-state index in [1.165, 1.54) is 64.8 Å². The molecule has 2 N–H and O–H groups in total. The van der Waals surface area contributed by atoms with Crippen LogP contribution in [0.25, 0.3) is 0 Å². The number of nitrogens with zero attached hydrogens (tertiary/aromatic N) is 1. The van der Waals surface area contributed by atoms with Crippen molar-refractivity contribution >= 4 is 5.97 Å². The number of nitrogens with one attached hydrogen (secondary N) is 1. The third kappa shape index (κ3) is 7.09. The molecular formula is C13H23F3N2O2. The van der Waals surface area contributed by atoms with Crippen molar-refractivity contribution in [2.24, 2.45) is 5.92 Å². The van der Waals surface area contributed by atoms with Crippen molar-refractivity contribution < 1.29 is 23.1 Å². The Hall–Kier alpha value is -0.820. The van der Waals surface area contributed by atoms with E-state index in [1.54, 1.807) is 0 Å². The van der Waals surface area contributed by atoms with Gasteiger partial charge < -0.3 is 15.3 Å². The van der Waals surface area contributed by atoms with Crippen molar-refractivity contribution in [1.29, 1.82) is 0 Å². The predicted octanol–water partition coefficient (Wildman–Crippen LogP) is 2.11. The average molecular weight is 296 g/mol. The van der Waals surface area contributed by atoms with Gasteiger partial charge in [-0.1, -0.05) is 6.42 Å². The monoisotopic (exact) mass is 296 g/mol. The summed E-state index contributed by atoms with van der Waals surface area (Å²) >= 11 is 0. The molecule has 0 aromatic rings. The van der Waals surface area contributed by atoms with Gasteiger partial charge in [0, 0.05) is 6.54 Å². The standard InChI is InChI=1S/C11H22N2.C2HF3O2/c1-2-8-13(9-3-1)10-11-4-6-12-7-5-11;3-2(4,5)1(6)7/h11-12H,1-10H2;(H,6,7). The Morgan fingerprint density at radius 2 is 1.65 bits per heavy atom. The van der Waals surface area contributed by atoms with Crippen LogP contribution >= 0.6 is 0 Å². The summed E-state index contributed by atoms with van der Waals surface area (Å²) in [5.41, 5.74) is 0. The first-order valence-corrected chi connectivity index (χ1v) is 7.13. The Kier molecular flexibility index (Phi) is 7.29. The molecule has 0 aromatic heterocycles. The molecule has 0 radical (unpaired) electrons. The lowest BCUT2D eigenvalue weighted by Gasteiger charge is -2.32. The van der Waals surface area contributed by atoms with Crippen LogP contribution in [0.4, 0.5) is 13.2 Å². The highest BCUT2D eigenvalue weighted by atomic mass is 19.4. The second-order valence-electron chi connectivity index (χ2n) is 5.36. The van der Waals surface area contributed by atoms with Crippen LogP contribution in [0.2, 0.25) is 0 Å². The Morgan fingerprint density at radius 3 is 2.10 bits per heavy atom. The lowest BCUT2D eigenvalue weighted by atomic mass is 9.96. The molecule has 0 bridgehead atoms. The van der Waals surface area contributed by atoms with Gasteiger partial charge in [-0.15, -0.1) is 0 Å². The fraction of sp³-hybridized carbons (Fsp3) is 0.923. The minimum Gasteiger partial charge on any atom is -0.475 e. The van der Waals surface area contributed by atoms with Gasteiger partial charge in [0.15, 0.2) is 0 Å². The molecule has 2 aliphatic rings. The topological polar surface area (TPSA) is 52.6 Å². The molecule has 0 unspecified atom stereocenters. The number of carboxylic acid groups (broad SMARTS) is 1. The van der Waals surface area contributed by atoms with E-state index in [0.29, 0.717) is 0 Å². The second-order valence-corrected chi connectivity index (χ2v) is 5.36. The maximum Gasteiger partial charge on any atom is 0.490 e. The molecule has 4 nitrogen and oxygen atoms in total. The van der Waals surface area contributed by atoms with Gasteiger partial charge in [0.05, 0.1) is 0 Å². The summed E-state index contributed by atoms with van der Waals surface area (Å²) in [5.74, 6) is -1.77. The van der Waals surface area contributed by atoms with Gasteiger partial charge in [0.2, 0.25) is 0 Å². The molecule has 0 spiro atoms. The zero-order chi connectivity index (χ0) is 15.0. The lowest BCUT2D eigenvalue weighted by Crippen LogP contribution is -2.38. The average Bonchev–Trinajstić information content (AvgIpc) is 2.40. The normalized spacial score (nSPS) is 21.9. The first-order chi connectivity index (χ1) is 9.39. The number of rotatable bonds is 2. The fourth-order valence-electron chi connectivity index (χ4n) is 2.57. The van der Waals surface area contributed by atoms with E-state index in [4.69, 9.17) is 9.90 Å². The molecule has 0 atom stereocenters. The maximum atomic E-state index is 10.6. The summed E-state index contributed by atoms with van der Waals surface area (Å²) in [6, 6.07) is 0. The summed E-state index contributed by atoms with van der Waals surface area (Å²) < 4.78 is 31.7. The van der Waals surface area contributed by atoms with Gasteiger partial charge in [0.25, 0.3) is 0 Å². The second kappa shape index (κ2) is 8.46. The highest BCUT2D eigenvalue weighted by molar-refractivity contribution is 5.73. The van der Waals surface area contributed by atoms with Crippen LogP contribution in [0.1, 0.15) is 32.1 Å². The SMILES string of the molecule is C1CCN(CC2CCNCC2)CC1.O=C(O)C(F)(F)F. The fourth-order valence-corrected chi connectivity index (χ4v) is 2.57. The molecule has 0 saturated carbocycles. The van der Waals surface area contributed by atoms with Crippen molar-refractivity contribution in [3.63, 3.8) is 0 Å². The van der Waals surface area contributed by atoms with Gasteiger partial charge >= 0.3 is 12.1 Å². The molecule has 0 aliphatic carbocycles. The number of carboxylic acids is 1. The van der Waals surface area contributed by atoms with Crippen LogP contribution in [0, 0.1) is 5.92 Å². The van der Waals surface area contributed by atoms with Gasteiger partial charge in [-0.05, 0) is 57.8 Å². The number of alkyl halides is 3. The summed E-state index contributed by atoms with van der Waals surface area (Å²) in [4.78, 5) is 11.6. The molecule has 118 valence electrons. The summed E-state index contributed by atoms with van der Waals surface area (Å²) in [6.45, 7) is 6.60. The van der Waals surface area contributed by atoms with Crippen LogP contribution in [-0.2, 0) is 4.79 Å². The minimum absolute atomic E-state index is 0.986. The molecule has 2 saturated heterocycles. The van der Waals surface area contributed by atoms with Gasteiger partial charge in [-0.25, -0.2) is 4.79 Å². The van der Waals surface area contributed by atoms with E-state index in [9.17, 15) is 13.2 Å². The van der Waals surface area contributed by atoms with Crippen LogP contribution in [0.15, 0.2) is 0 Å². The number of aliphatic carboxylic acids is 1. The molecule has 2 fully saturated rings. The number of halogens is 3. The highest BCUT2D eigenvalue weighted by Crippen LogP contribution is 2.16. The molecule has 0 amide bonds. The van der Waals surface area contributed by atoms with Crippen molar-refractivity contribution in [1.82, 2.24) is 10.2 Å². The Morgan fingerprint density at radius 1 is 1.15 bits per heavy atom. The van der Waals surface area contributed by atoms with E-state index in [-0.39, 0.29) is 0 Å². The Bertz CT molecular complexity index is 270. The van der Waals surface area contributed by atoms with E-state index < -0.39 is 12.1 Å². The van der Waals surface area contributed by atoms with E-state index in [0.717, 1.165) is 5.92 Å². The third-order valence-corrected chi connectivity index (χ3v) is 3.67. The molecule has 2 aliphatic heterocycles. The number of hydrogen-bond donors (Lipinski definition) is 2. The Labute approximate surface area is 117 Å². The number of likely N-dealkylation sites (tertiary alicyclic amines) is 1. The third-order valence-electron chi connectivity index (χ3n) is 3.67. The van der Waals surface area contributed by atoms with Crippen molar-refractivity contribution in [3.05, 3.63) is 0 Å². The minimum atomic E-state index is -5.08. The molecule has 20 heavy (non-hydrogen) atoms. The van der Waals surface area contributed by atoms with Crippen LogP contribution in [0.5, 0.6) is 0 Å². The summed E-state index contributed by atoms with van der Waals surface area (Å²) in [7, 11) is 0. The van der Waals surface area contributed by atoms with Crippen LogP contribution < -0.4 is 5.32 Å². The Balaban J connectivity index is 0.000000246. The highest BCUT2D eigenvalue weighted by Gasteiger charge is 2.38. The van der Waals surface area contributed by atoms with Crippen LogP contribution in [0.3, 0.4) is 0 Å². The van der Waals surface area contributed by atoms with Crippen molar-refractivity contribution in [3.8, 4) is 0 Å². The summed E-state index contributed by atoms with van der Waals surface area (Å²) in [6.07, 6.45) is 2.05. The zero-order valence-corrected chi connectivity index (χ0v) is 11.6. The number of hydrogen-bond acceptors (Lipinski definition) is 3. The predicted molar refractivity (Wildman–Crippen MR) is 69.6 cm³/mol. The van der Waals surface area contributed by atoms with Gasteiger partial charge in [-0.2, -0.15) is 13.2 Å². The largest absolute Gasteiger partial charge is 0.490 e. The zero-order valence-electron chi connectivity index (χ0n) is 11.6. The van der Waals surface area contributed by atoms with E-state index >= 15 is 0 Å². The molecule has 0 aromatic carbocycles. The number of piperidine rings is 2. The first kappa shape index (κ1) is 17.2. The molecular weight excluding hydrogens is 273 g/mol. The van der Waals surface area contributed by atoms with Gasteiger partial charge in [0.1, 0.15) is 0 Å². The summed E-state index contributed by atoms with van der Waals surface area (Å²) in [5, 5.41) is 10.6. The maximum absolute atomic E-state index is 10.6. The molecule has 2 rings (SSSR count). The quantitative estimate of drug-likeness (QED) is 0.819.